The number of ether oxygens (including phenoxy) is 1. The van der Waals surface area contributed by atoms with Crippen LogP contribution in [-0.2, 0) is 11.3 Å². The third-order valence-corrected chi connectivity index (χ3v) is 6.29. The molecule has 2 aromatic heterocycles. The van der Waals surface area contributed by atoms with E-state index < -0.39 is 11.7 Å². The van der Waals surface area contributed by atoms with Gasteiger partial charge in [0.25, 0.3) is 17.6 Å². The number of halogens is 1. The Labute approximate surface area is 202 Å². The van der Waals surface area contributed by atoms with Crippen molar-refractivity contribution < 1.29 is 23.5 Å². The minimum atomic E-state index is -1.09. The predicted molar refractivity (Wildman–Crippen MR) is 128 cm³/mol. The topological polar surface area (TPSA) is 122 Å². The first-order valence-corrected chi connectivity index (χ1v) is 11.5. The number of fused-ring (bicyclic) bond motifs is 1. The number of nitrogens with two attached hydrogens (primary N) is 1. The first kappa shape index (κ1) is 24.3. The van der Waals surface area contributed by atoms with Crippen LogP contribution < -0.4 is 10.5 Å². The highest BCUT2D eigenvalue weighted by molar-refractivity contribution is 6.44. The smallest absolute Gasteiger partial charge is 0.289 e. The van der Waals surface area contributed by atoms with Gasteiger partial charge in [-0.15, -0.1) is 0 Å². The molecule has 10 heteroatoms. The van der Waals surface area contributed by atoms with E-state index in [1.54, 1.807) is 24.0 Å². The number of pyridine rings is 1. The normalized spacial score (nSPS) is 18.6. The molecule has 1 aliphatic rings. The summed E-state index contributed by atoms with van der Waals surface area (Å²) < 4.78 is 18.9. The van der Waals surface area contributed by atoms with E-state index in [0.717, 1.165) is 5.56 Å². The molecule has 1 aliphatic heterocycles. The van der Waals surface area contributed by atoms with E-state index >= 15 is 0 Å². The van der Waals surface area contributed by atoms with E-state index in [4.69, 9.17) is 10.5 Å². The zero-order chi connectivity index (χ0) is 25.3. The van der Waals surface area contributed by atoms with Crippen LogP contribution in [0.2, 0.25) is 0 Å². The lowest BCUT2D eigenvalue weighted by atomic mass is 10.0. The van der Waals surface area contributed by atoms with Crippen molar-refractivity contribution in [2.24, 2.45) is 5.73 Å². The number of aromatic nitrogens is 2. The molecule has 9 nitrogen and oxygen atoms in total. The van der Waals surface area contributed by atoms with Gasteiger partial charge in [-0.2, -0.15) is 4.98 Å². The van der Waals surface area contributed by atoms with Gasteiger partial charge in [0.15, 0.2) is 0 Å². The summed E-state index contributed by atoms with van der Waals surface area (Å²) in [5, 5.41) is 0.330. The summed E-state index contributed by atoms with van der Waals surface area (Å²) in [4.78, 5) is 48.6. The molecule has 2 atom stereocenters. The van der Waals surface area contributed by atoms with Gasteiger partial charge < -0.3 is 20.4 Å². The predicted octanol–water partition coefficient (Wildman–Crippen LogP) is 2.50. The number of ketones is 1. The van der Waals surface area contributed by atoms with Crippen LogP contribution in [0.4, 0.5) is 4.39 Å². The van der Waals surface area contributed by atoms with Crippen molar-refractivity contribution in [3.05, 3.63) is 59.0 Å². The molecule has 1 fully saturated rings. The van der Waals surface area contributed by atoms with Gasteiger partial charge in [0.1, 0.15) is 17.0 Å². The Morgan fingerprint density at radius 2 is 1.86 bits per heavy atom. The maximum absolute atomic E-state index is 13.7. The summed E-state index contributed by atoms with van der Waals surface area (Å²) in [6.45, 7) is 7.82. The highest BCUT2D eigenvalue weighted by atomic mass is 19.1. The van der Waals surface area contributed by atoms with Gasteiger partial charge in [-0.25, -0.2) is 4.39 Å². The average molecular weight is 482 g/mol. The number of Topliss-reactive ketones (excluding diaryl/α,β-unsaturated/α-hetero) is 1. The van der Waals surface area contributed by atoms with E-state index in [2.05, 4.69) is 14.9 Å². The summed E-state index contributed by atoms with van der Waals surface area (Å²) in [6, 6.07) is 7.88. The number of benzene rings is 1. The molecular formula is C25H28FN5O4. The number of amides is 2. The lowest BCUT2D eigenvalue weighted by molar-refractivity contribution is -0.114. The van der Waals surface area contributed by atoms with Crippen LogP contribution >= 0.6 is 0 Å². The van der Waals surface area contributed by atoms with Gasteiger partial charge in [0, 0.05) is 43.3 Å². The zero-order valence-electron chi connectivity index (χ0n) is 19.9. The fraction of sp³-hybridized carbons (Fsp3) is 0.360. The van der Waals surface area contributed by atoms with Gasteiger partial charge in [-0.1, -0.05) is 12.1 Å². The number of primary amides is 1. The number of H-pyrrole nitrogens is 1. The van der Waals surface area contributed by atoms with Crippen molar-refractivity contribution >= 4 is 28.6 Å². The third kappa shape index (κ3) is 4.88. The van der Waals surface area contributed by atoms with Gasteiger partial charge in [0.2, 0.25) is 5.88 Å². The Morgan fingerprint density at radius 1 is 1.14 bits per heavy atom. The summed E-state index contributed by atoms with van der Waals surface area (Å²) >= 11 is 0. The molecule has 0 aliphatic carbocycles. The maximum atomic E-state index is 13.7. The molecule has 0 saturated carbocycles. The van der Waals surface area contributed by atoms with Crippen LogP contribution in [0.15, 0.2) is 36.5 Å². The molecule has 0 radical (unpaired) electrons. The van der Waals surface area contributed by atoms with Gasteiger partial charge >= 0.3 is 0 Å². The second-order valence-electron chi connectivity index (χ2n) is 8.78. The van der Waals surface area contributed by atoms with Crippen LogP contribution in [0.3, 0.4) is 0 Å². The maximum Gasteiger partial charge on any atom is 0.289 e. The molecule has 3 N–H and O–H groups in total. The Balaban J connectivity index is 1.61. The fourth-order valence-electron chi connectivity index (χ4n) is 4.43. The first-order chi connectivity index (χ1) is 16.7. The van der Waals surface area contributed by atoms with Crippen molar-refractivity contribution in [2.45, 2.75) is 39.4 Å². The van der Waals surface area contributed by atoms with E-state index in [-0.39, 0.29) is 40.8 Å². The SMILES string of the molecule is CCOc1nc2[nH]cc(C(=O)C(N)=O)c2cc1C(=O)N1C[C@H](C)N(Cc2ccc(F)cc2)C[C@H]1C. The van der Waals surface area contributed by atoms with Crippen molar-refractivity contribution in [3.63, 3.8) is 0 Å². The molecule has 2 amide bonds. The highest BCUT2D eigenvalue weighted by Gasteiger charge is 2.34. The summed E-state index contributed by atoms with van der Waals surface area (Å²) in [5.74, 6) is -2.35. The van der Waals surface area contributed by atoms with Crippen LogP contribution in [0.25, 0.3) is 11.0 Å². The number of rotatable bonds is 7. The van der Waals surface area contributed by atoms with Crippen molar-refractivity contribution in [2.75, 3.05) is 19.7 Å². The molecule has 3 heterocycles. The van der Waals surface area contributed by atoms with E-state index in [1.165, 1.54) is 24.4 Å². The Morgan fingerprint density at radius 3 is 2.51 bits per heavy atom. The summed E-state index contributed by atoms with van der Waals surface area (Å²) in [7, 11) is 0. The Hall–Kier alpha value is -3.79. The average Bonchev–Trinajstić information content (AvgIpc) is 3.24. The third-order valence-electron chi connectivity index (χ3n) is 6.29. The molecule has 0 bridgehead atoms. The van der Waals surface area contributed by atoms with E-state index in [0.29, 0.717) is 37.3 Å². The number of hydrogen-bond acceptors (Lipinski definition) is 6. The van der Waals surface area contributed by atoms with E-state index in [9.17, 15) is 18.8 Å². The second-order valence-corrected chi connectivity index (χ2v) is 8.78. The number of aromatic amines is 1. The van der Waals surface area contributed by atoms with Crippen molar-refractivity contribution in [1.82, 2.24) is 19.8 Å². The number of nitrogens with zero attached hydrogens (tertiary/aromatic N) is 3. The summed E-state index contributed by atoms with van der Waals surface area (Å²) in [6.07, 6.45) is 1.35. The first-order valence-electron chi connectivity index (χ1n) is 11.5. The number of hydrogen-bond donors (Lipinski definition) is 2. The quantitative estimate of drug-likeness (QED) is 0.395. The van der Waals surface area contributed by atoms with Crippen LogP contribution in [0.5, 0.6) is 5.88 Å². The lowest BCUT2D eigenvalue weighted by Gasteiger charge is -2.44. The Bertz CT molecular complexity index is 1270. The van der Waals surface area contributed by atoms with Crippen LogP contribution in [0, 0.1) is 5.82 Å². The lowest BCUT2D eigenvalue weighted by Crippen LogP contribution is -2.57. The molecule has 35 heavy (non-hydrogen) atoms. The number of carbonyl (C=O) groups excluding carboxylic acids is 3. The zero-order valence-corrected chi connectivity index (χ0v) is 19.9. The van der Waals surface area contributed by atoms with Gasteiger partial charge in [-0.05, 0) is 44.5 Å². The number of piperazine rings is 1. The van der Waals surface area contributed by atoms with Crippen molar-refractivity contribution in [1.29, 1.82) is 0 Å². The number of nitrogens with one attached hydrogen (secondary N) is 1. The molecule has 0 spiro atoms. The van der Waals surface area contributed by atoms with Crippen molar-refractivity contribution in [3.8, 4) is 5.88 Å². The molecule has 1 aromatic carbocycles. The van der Waals surface area contributed by atoms with Crippen LogP contribution in [0.1, 0.15) is 47.1 Å². The largest absolute Gasteiger partial charge is 0.477 e. The monoisotopic (exact) mass is 481 g/mol. The fourth-order valence-corrected chi connectivity index (χ4v) is 4.43. The van der Waals surface area contributed by atoms with E-state index in [1.807, 2.05) is 13.8 Å². The minimum Gasteiger partial charge on any atom is -0.477 e. The molecular weight excluding hydrogens is 453 g/mol. The minimum absolute atomic E-state index is 0.0479. The van der Waals surface area contributed by atoms with Crippen LogP contribution in [-0.4, -0.2) is 69.1 Å². The Kier molecular flexibility index (Phi) is 6.83. The van der Waals surface area contributed by atoms with Gasteiger partial charge in [-0.3, -0.25) is 19.3 Å². The summed E-state index contributed by atoms with van der Waals surface area (Å²) in [5.41, 5.74) is 6.76. The molecule has 3 aromatic rings. The molecule has 4 rings (SSSR count). The highest BCUT2D eigenvalue weighted by Crippen LogP contribution is 2.28. The molecule has 0 unspecified atom stereocenters. The number of carbonyl (C=O) groups is 3. The van der Waals surface area contributed by atoms with Gasteiger partial charge in [0.05, 0.1) is 12.2 Å². The second kappa shape index (κ2) is 9.83. The molecule has 1 saturated heterocycles. The standard InChI is InChI=1S/C25H28FN5O4/c1-4-35-24-19(9-18-20(21(32)22(27)33)10-28-23(18)29-24)25(34)31-12-14(2)30(11-15(31)3)13-16-5-7-17(26)8-6-16/h5-10,14-15H,4,11-13H2,1-3H3,(H2,27,33)(H,28,29)/t14-,15+/m0/s1. The molecule has 184 valence electrons.